The zero-order valence-electron chi connectivity index (χ0n) is 11.6. The third-order valence-electron chi connectivity index (χ3n) is 3.54. The molecule has 0 radical (unpaired) electrons. The minimum absolute atomic E-state index is 0.0250. The van der Waals surface area contributed by atoms with Crippen LogP contribution in [-0.2, 0) is 4.74 Å². The van der Waals surface area contributed by atoms with E-state index in [1.165, 1.54) is 6.42 Å². The normalized spacial score (nSPS) is 18.7. The van der Waals surface area contributed by atoms with Crippen molar-refractivity contribution in [3.8, 4) is 0 Å². The Balaban J connectivity index is 2.03. The van der Waals surface area contributed by atoms with Crippen molar-refractivity contribution in [2.45, 2.75) is 25.8 Å². The molecule has 1 aromatic rings. The van der Waals surface area contributed by atoms with Gasteiger partial charge in [-0.15, -0.1) is 0 Å². The lowest BCUT2D eigenvalue weighted by atomic mass is 10.2. The summed E-state index contributed by atoms with van der Waals surface area (Å²) in [5, 5.41) is 3.42. The highest BCUT2D eigenvalue weighted by molar-refractivity contribution is 5.95. The summed E-state index contributed by atoms with van der Waals surface area (Å²) in [7, 11) is 1.65. The highest BCUT2D eigenvalue weighted by Crippen LogP contribution is 2.14. The van der Waals surface area contributed by atoms with Gasteiger partial charge in [0.25, 0.3) is 5.91 Å². The molecule has 5 nitrogen and oxygen atoms in total. The number of carbonyl (C=O) groups is 1. The Morgan fingerprint density at radius 3 is 3.05 bits per heavy atom. The van der Waals surface area contributed by atoms with Gasteiger partial charge in [-0.2, -0.15) is 0 Å². The van der Waals surface area contributed by atoms with Crippen LogP contribution in [0.4, 0.5) is 0 Å². The van der Waals surface area contributed by atoms with Gasteiger partial charge in [0, 0.05) is 26.2 Å². The van der Waals surface area contributed by atoms with E-state index in [2.05, 4.69) is 5.32 Å². The van der Waals surface area contributed by atoms with Crippen molar-refractivity contribution in [3.05, 3.63) is 23.7 Å². The number of rotatable bonds is 6. The second-order valence-electron chi connectivity index (χ2n) is 4.93. The molecule has 1 aliphatic rings. The van der Waals surface area contributed by atoms with Gasteiger partial charge in [0.05, 0.1) is 18.4 Å². The van der Waals surface area contributed by atoms with Crippen molar-refractivity contribution >= 4 is 5.91 Å². The summed E-state index contributed by atoms with van der Waals surface area (Å²) in [5.41, 5.74) is 0.647. The largest absolute Gasteiger partial charge is 0.469 e. The number of amides is 1. The van der Waals surface area contributed by atoms with Crippen LogP contribution >= 0.6 is 0 Å². The SMILES string of the molecule is COCCN(CC1CCCN1)C(=O)c1ccoc1C. The molecule has 1 amide bonds. The Kier molecular flexibility index (Phi) is 4.99. The summed E-state index contributed by atoms with van der Waals surface area (Å²) in [6, 6.07) is 2.13. The molecule has 2 rings (SSSR count). The monoisotopic (exact) mass is 266 g/mol. The topological polar surface area (TPSA) is 54.7 Å². The smallest absolute Gasteiger partial charge is 0.257 e. The third kappa shape index (κ3) is 3.58. The van der Waals surface area contributed by atoms with E-state index in [1.807, 2.05) is 11.8 Å². The number of hydrogen-bond donors (Lipinski definition) is 1. The van der Waals surface area contributed by atoms with E-state index in [0.717, 1.165) is 19.5 Å². The van der Waals surface area contributed by atoms with Crippen LogP contribution in [0.25, 0.3) is 0 Å². The van der Waals surface area contributed by atoms with E-state index in [0.29, 0.717) is 30.5 Å². The average molecular weight is 266 g/mol. The Labute approximate surface area is 113 Å². The molecule has 1 fully saturated rings. The van der Waals surface area contributed by atoms with Crippen LogP contribution in [0.15, 0.2) is 16.7 Å². The molecule has 106 valence electrons. The van der Waals surface area contributed by atoms with Gasteiger partial charge < -0.3 is 19.4 Å². The van der Waals surface area contributed by atoms with Gasteiger partial charge in [-0.3, -0.25) is 4.79 Å². The van der Waals surface area contributed by atoms with E-state index >= 15 is 0 Å². The molecule has 2 heterocycles. The minimum atomic E-state index is 0.0250. The molecular weight excluding hydrogens is 244 g/mol. The Hall–Kier alpha value is -1.33. The molecule has 1 saturated heterocycles. The van der Waals surface area contributed by atoms with E-state index in [9.17, 15) is 4.79 Å². The molecule has 1 aliphatic heterocycles. The molecule has 0 aromatic carbocycles. The van der Waals surface area contributed by atoms with Gasteiger partial charge in [0.15, 0.2) is 0 Å². The summed E-state index contributed by atoms with van der Waals surface area (Å²) in [6.45, 7) is 4.75. The maximum atomic E-state index is 12.5. The molecule has 1 aromatic heterocycles. The van der Waals surface area contributed by atoms with Crippen LogP contribution in [-0.4, -0.2) is 50.2 Å². The summed E-state index contributed by atoms with van der Waals surface area (Å²) in [5.74, 6) is 0.698. The van der Waals surface area contributed by atoms with Gasteiger partial charge in [0.2, 0.25) is 0 Å². The molecule has 19 heavy (non-hydrogen) atoms. The summed E-state index contributed by atoms with van der Waals surface area (Å²) in [4.78, 5) is 14.4. The number of furan rings is 1. The maximum absolute atomic E-state index is 12.5. The van der Waals surface area contributed by atoms with Gasteiger partial charge in [0.1, 0.15) is 5.76 Å². The lowest BCUT2D eigenvalue weighted by Crippen LogP contribution is -2.42. The number of aryl methyl sites for hydroxylation is 1. The lowest BCUT2D eigenvalue weighted by Gasteiger charge is -2.25. The van der Waals surface area contributed by atoms with E-state index in [4.69, 9.17) is 9.15 Å². The molecule has 0 bridgehead atoms. The van der Waals surface area contributed by atoms with Crippen molar-refractivity contribution in [2.75, 3.05) is 33.4 Å². The fourth-order valence-corrected chi connectivity index (χ4v) is 2.43. The zero-order chi connectivity index (χ0) is 13.7. The molecule has 0 saturated carbocycles. The molecule has 1 unspecified atom stereocenters. The third-order valence-corrected chi connectivity index (χ3v) is 3.54. The number of nitrogens with one attached hydrogen (secondary N) is 1. The first-order valence-corrected chi connectivity index (χ1v) is 6.78. The van der Waals surface area contributed by atoms with Crippen LogP contribution in [0, 0.1) is 6.92 Å². The van der Waals surface area contributed by atoms with Crippen molar-refractivity contribution in [3.63, 3.8) is 0 Å². The number of nitrogens with zero attached hydrogens (tertiary/aromatic N) is 1. The van der Waals surface area contributed by atoms with E-state index in [1.54, 1.807) is 19.4 Å². The average Bonchev–Trinajstić information content (AvgIpc) is 3.05. The van der Waals surface area contributed by atoms with E-state index in [-0.39, 0.29) is 5.91 Å². The molecular formula is C14H22N2O3. The zero-order valence-corrected chi connectivity index (χ0v) is 11.6. The van der Waals surface area contributed by atoms with Crippen LogP contribution in [0.5, 0.6) is 0 Å². The number of carbonyl (C=O) groups excluding carboxylic acids is 1. The lowest BCUT2D eigenvalue weighted by molar-refractivity contribution is 0.0677. The fourth-order valence-electron chi connectivity index (χ4n) is 2.43. The summed E-state index contributed by atoms with van der Waals surface area (Å²) >= 11 is 0. The number of hydrogen-bond acceptors (Lipinski definition) is 4. The Morgan fingerprint density at radius 2 is 2.47 bits per heavy atom. The first-order chi connectivity index (χ1) is 9.22. The van der Waals surface area contributed by atoms with E-state index < -0.39 is 0 Å². The Bertz CT molecular complexity index is 411. The van der Waals surface area contributed by atoms with Gasteiger partial charge in [-0.25, -0.2) is 0 Å². The standard InChI is InChI=1S/C14H22N2O3/c1-11-13(5-8-19-11)14(17)16(7-9-18-2)10-12-4-3-6-15-12/h5,8,12,15H,3-4,6-7,9-10H2,1-2H3. The minimum Gasteiger partial charge on any atom is -0.469 e. The fraction of sp³-hybridized carbons (Fsp3) is 0.643. The maximum Gasteiger partial charge on any atom is 0.257 e. The quantitative estimate of drug-likeness (QED) is 0.846. The van der Waals surface area contributed by atoms with Crippen molar-refractivity contribution in [1.29, 1.82) is 0 Å². The van der Waals surface area contributed by atoms with Gasteiger partial charge in [-0.05, 0) is 32.4 Å². The van der Waals surface area contributed by atoms with Crippen LogP contribution in [0.1, 0.15) is 29.0 Å². The second kappa shape index (κ2) is 6.73. The van der Waals surface area contributed by atoms with Crippen LogP contribution in [0.3, 0.4) is 0 Å². The first kappa shape index (κ1) is 14.1. The predicted molar refractivity (Wildman–Crippen MR) is 72.2 cm³/mol. The highest BCUT2D eigenvalue weighted by atomic mass is 16.5. The van der Waals surface area contributed by atoms with Gasteiger partial charge in [-0.1, -0.05) is 0 Å². The Morgan fingerprint density at radius 1 is 1.63 bits per heavy atom. The highest BCUT2D eigenvalue weighted by Gasteiger charge is 2.24. The molecule has 1 N–H and O–H groups in total. The summed E-state index contributed by atoms with van der Waals surface area (Å²) < 4.78 is 10.3. The molecule has 0 aliphatic carbocycles. The number of ether oxygens (including phenoxy) is 1. The molecule has 1 atom stereocenters. The van der Waals surface area contributed by atoms with Crippen molar-refractivity contribution in [1.82, 2.24) is 10.2 Å². The van der Waals surface area contributed by atoms with Crippen molar-refractivity contribution < 1.29 is 13.9 Å². The van der Waals surface area contributed by atoms with Crippen molar-refractivity contribution in [2.24, 2.45) is 0 Å². The molecule has 5 heteroatoms. The number of methoxy groups -OCH3 is 1. The summed E-state index contributed by atoms with van der Waals surface area (Å²) in [6.07, 6.45) is 3.87. The van der Waals surface area contributed by atoms with Gasteiger partial charge >= 0.3 is 0 Å². The van der Waals surface area contributed by atoms with Crippen LogP contribution in [0.2, 0.25) is 0 Å². The second-order valence-corrected chi connectivity index (χ2v) is 4.93. The van der Waals surface area contributed by atoms with Crippen LogP contribution < -0.4 is 5.32 Å². The molecule has 0 spiro atoms. The first-order valence-electron chi connectivity index (χ1n) is 6.78. The predicted octanol–water partition coefficient (Wildman–Crippen LogP) is 1.43.